The zero-order valence-electron chi connectivity index (χ0n) is 13.3. The van der Waals surface area contributed by atoms with E-state index in [1.807, 2.05) is 30.3 Å². The van der Waals surface area contributed by atoms with Crippen molar-refractivity contribution in [3.63, 3.8) is 0 Å². The Labute approximate surface area is 144 Å². The van der Waals surface area contributed by atoms with Crippen molar-refractivity contribution in [2.24, 2.45) is 4.99 Å². The van der Waals surface area contributed by atoms with Crippen LogP contribution in [0.4, 0.5) is 14.9 Å². The molecule has 1 atom stereocenters. The molecule has 1 N–H and O–H groups in total. The molecule has 124 valence electrons. The Morgan fingerprint density at radius 1 is 1.25 bits per heavy atom. The number of urea groups is 1. The summed E-state index contributed by atoms with van der Waals surface area (Å²) in [6.07, 6.45) is 0. The number of halogens is 1. The van der Waals surface area contributed by atoms with Gasteiger partial charge in [0, 0.05) is 10.9 Å². The van der Waals surface area contributed by atoms with Crippen LogP contribution in [0, 0.1) is 5.82 Å². The van der Waals surface area contributed by atoms with Gasteiger partial charge in [0.25, 0.3) is 0 Å². The molecule has 1 aliphatic rings. The Morgan fingerprint density at radius 3 is 2.58 bits per heavy atom. The van der Waals surface area contributed by atoms with Gasteiger partial charge in [-0.3, -0.25) is 9.89 Å². The van der Waals surface area contributed by atoms with E-state index in [-0.39, 0.29) is 11.8 Å². The van der Waals surface area contributed by atoms with E-state index in [9.17, 15) is 9.18 Å². The molecule has 1 heterocycles. The summed E-state index contributed by atoms with van der Waals surface area (Å²) in [5.74, 6) is -0.291. The van der Waals surface area contributed by atoms with Gasteiger partial charge in [-0.25, -0.2) is 9.18 Å². The largest absolute Gasteiger partial charge is 0.328 e. The minimum absolute atomic E-state index is 0.245. The standard InChI is InChI=1S/C18H18FN3OS/c1-13-11-20-18(24-13)22(12-14-7-9-15(19)10-8-14)17(23)21-16-5-3-2-4-6-16/h2-10,13H,11-12H2,1H3,(H,21,23)/t13-/m0/s1. The van der Waals surface area contributed by atoms with E-state index in [4.69, 9.17) is 0 Å². The number of para-hydroxylation sites is 1. The summed E-state index contributed by atoms with van der Waals surface area (Å²) in [4.78, 5) is 18.8. The summed E-state index contributed by atoms with van der Waals surface area (Å²) in [5.41, 5.74) is 1.57. The van der Waals surface area contributed by atoms with E-state index in [0.29, 0.717) is 23.5 Å². The molecule has 0 aromatic heterocycles. The van der Waals surface area contributed by atoms with Gasteiger partial charge in [-0.2, -0.15) is 0 Å². The highest BCUT2D eigenvalue weighted by atomic mass is 32.2. The second-order valence-electron chi connectivity index (χ2n) is 5.56. The molecule has 0 unspecified atom stereocenters. The van der Waals surface area contributed by atoms with Crippen LogP contribution in [0.5, 0.6) is 0 Å². The molecule has 2 aromatic rings. The number of nitrogens with zero attached hydrogens (tertiary/aromatic N) is 2. The van der Waals surface area contributed by atoms with Gasteiger partial charge in [0.1, 0.15) is 5.82 Å². The fourth-order valence-electron chi connectivity index (χ4n) is 2.32. The number of rotatable bonds is 3. The van der Waals surface area contributed by atoms with Crippen molar-refractivity contribution in [2.75, 3.05) is 11.9 Å². The fraction of sp³-hybridized carbons (Fsp3) is 0.222. The SMILES string of the molecule is C[C@H]1CN=C(N(Cc2ccc(F)cc2)C(=O)Nc2ccccc2)S1. The van der Waals surface area contributed by atoms with E-state index in [1.54, 1.807) is 28.8 Å². The first-order valence-electron chi connectivity index (χ1n) is 7.71. The third-order valence-electron chi connectivity index (χ3n) is 3.55. The molecule has 3 rings (SSSR count). The van der Waals surface area contributed by atoms with E-state index in [1.165, 1.54) is 12.1 Å². The third kappa shape index (κ3) is 4.14. The van der Waals surface area contributed by atoms with Crippen LogP contribution in [0.25, 0.3) is 0 Å². The number of hydrogen-bond acceptors (Lipinski definition) is 3. The number of anilines is 1. The highest BCUT2D eigenvalue weighted by Gasteiger charge is 2.26. The van der Waals surface area contributed by atoms with Gasteiger partial charge in [-0.05, 0) is 29.8 Å². The van der Waals surface area contributed by atoms with E-state index in [2.05, 4.69) is 17.2 Å². The van der Waals surface area contributed by atoms with Gasteiger partial charge < -0.3 is 5.32 Å². The van der Waals surface area contributed by atoms with Gasteiger partial charge in [0.15, 0.2) is 5.17 Å². The average molecular weight is 343 g/mol. The highest BCUT2D eigenvalue weighted by Crippen LogP contribution is 2.25. The van der Waals surface area contributed by atoms with Gasteiger partial charge >= 0.3 is 6.03 Å². The quantitative estimate of drug-likeness (QED) is 0.900. The topological polar surface area (TPSA) is 44.7 Å². The molecule has 0 spiro atoms. The van der Waals surface area contributed by atoms with Gasteiger partial charge in [-0.15, -0.1) is 0 Å². The van der Waals surface area contributed by atoms with Crippen molar-refractivity contribution in [2.45, 2.75) is 18.7 Å². The zero-order valence-corrected chi connectivity index (χ0v) is 14.1. The Balaban J connectivity index is 1.79. The number of benzene rings is 2. The van der Waals surface area contributed by atoms with E-state index < -0.39 is 0 Å². The molecular weight excluding hydrogens is 325 g/mol. The number of amidine groups is 1. The number of carbonyl (C=O) groups excluding carboxylic acids is 1. The number of amides is 2. The number of nitrogens with one attached hydrogen (secondary N) is 1. The smallest absolute Gasteiger partial charge is 0.307 e. The minimum Gasteiger partial charge on any atom is -0.307 e. The minimum atomic E-state index is -0.291. The number of thioether (sulfide) groups is 1. The molecule has 0 fully saturated rings. The van der Waals surface area contributed by atoms with Crippen LogP contribution in [0.2, 0.25) is 0 Å². The normalized spacial score (nSPS) is 16.6. The maximum atomic E-state index is 13.1. The first-order valence-corrected chi connectivity index (χ1v) is 8.59. The second-order valence-corrected chi connectivity index (χ2v) is 6.97. The molecule has 0 saturated carbocycles. The molecule has 1 aliphatic heterocycles. The van der Waals surface area contributed by atoms with Crippen molar-refractivity contribution < 1.29 is 9.18 Å². The summed E-state index contributed by atoms with van der Waals surface area (Å²) >= 11 is 1.58. The molecule has 2 aromatic carbocycles. The summed E-state index contributed by atoms with van der Waals surface area (Å²) in [6.45, 7) is 3.11. The van der Waals surface area contributed by atoms with E-state index in [0.717, 1.165) is 11.3 Å². The molecule has 6 heteroatoms. The second kappa shape index (κ2) is 7.49. The lowest BCUT2D eigenvalue weighted by atomic mass is 10.2. The molecule has 0 aliphatic carbocycles. The van der Waals surface area contributed by atoms with Crippen molar-refractivity contribution in [1.29, 1.82) is 0 Å². The molecule has 0 saturated heterocycles. The molecule has 0 radical (unpaired) electrons. The summed E-state index contributed by atoms with van der Waals surface area (Å²) < 4.78 is 13.1. The van der Waals surface area contributed by atoms with Crippen LogP contribution in [-0.2, 0) is 6.54 Å². The molecule has 24 heavy (non-hydrogen) atoms. The predicted octanol–water partition coefficient (Wildman–Crippen LogP) is 4.35. The van der Waals surface area contributed by atoms with Crippen LogP contribution < -0.4 is 5.32 Å². The first kappa shape index (κ1) is 16.5. The average Bonchev–Trinajstić information content (AvgIpc) is 3.01. The van der Waals surface area contributed by atoms with Crippen LogP contribution in [0.15, 0.2) is 59.6 Å². The van der Waals surface area contributed by atoms with Crippen molar-refractivity contribution in [3.05, 3.63) is 66.0 Å². The Bertz CT molecular complexity index is 734. The monoisotopic (exact) mass is 343 g/mol. The lowest BCUT2D eigenvalue weighted by molar-refractivity contribution is 0.233. The Kier molecular flexibility index (Phi) is 5.15. The van der Waals surface area contributed by atoms with Crippen LogP contribution in [0.3, 0.4) is 0 Å². The lowest BCUT2D eigenvalue weighted by Gasteiger charge is -2.23. The maximum Gasteiger partial charge on any atom is 0.328 e. The van der Waals surface area contributed by atoms with Gasteiger partial charge in [0.05, 0.1) is 13.1 Å². The highest BCUT2D eigenvalue weighted by molar-refractivity contribution is 8.14. The van der Waals surface area contributed by atoms with Crippen LogP contribution >= 0.6 is 11.8 Å². The summed E-state index contributed by atoms with van der Waals surface area (Å²) in [5, 5.41) is 3.93. The Morgan fingerprint density at radius 2 is 1.96 bits per heavy atom. The lowest BCUT2D eigenvalue weighted by Crippen LogP contribution is -2.37. The molecule has 2 amide bonds. The number of carbonyl (C=O) groups is 1. The third-order valence-corrected chi connectivity index (χ3v) is 4.66. The summed E-state index contributed by atoms with van der Waals surface area (Å²) in [6, 6.07) is 15.2. The van der Waals surface area contributed by atoms with Gasteiger partial charge in [0.2, 0.25) is 0 Å². The first-order chi connectivity index (χ1) is 11.6. The van der Waals surface area contributed by atoms with Crippen molar-refractivity contribution in [1.82, 2.24) is 4.90 Å². The molecule has 4 nitrogen and oxygen atoms in total. The predicted molar refractivity (Wildman–Crippen MR) is 96.8 cm³/mol. The van der Waals surface area contributed by atoms with Crippen molar-refractivity contribution in [3.8, 4) is 0 Å². The molecular formula is C18H18FN3OS. The molecule has 0 bridgehead atoms. The van der Waals surface area contributed by atoms with Crippen molar-refractivity contribution >= 4 is 28.6 Å². The fourth-order valence-corrected chi connectivity index (χ4v) is 3.25. The van der Waals surface area contributed by atoms with Gasteiger partial charge in [-0.1, -0.05) is 49.0 Å². The number of hydrogen-bond donors (Lipinski definition) is 1. The number of aliphatic imine (C=N–C) groups is 1. The maximum absolute atomic E-state index is 13.1. The van der Waals surface area contributed by atoms with E-state index >= 15 is 0 Å². The summed E-state index contributed by atoms with van der Waals surface area (Å²) in [7, 11) is 0. The van der Waals surface area contributed by atoms with Crippen LogP contribution in [0.1, 0.15) is 12.5 Å². The zero-order chi connectivity index (χ0) is 16.9. The van der Waals surface area contributed by atoms with Crippen LogP contribution in [-0.4, -0.2) is 27.9 Å². The Hall–Kier alpha value is -2.34.